The number of hydrogen-bond acceptors (Lipinski definition) is 5. The molecule has 1 aliphatic heterocycles. The Morgan fingerprint density at radius 1 is 1.32 bits per heavy atom. The lowest BCUT2D eigenvalue weighted by molar-refractivity contribution is -0.139. The zero-order valence-corrected chi connectivity index (χ0v) is 13.8. The molecule has 1 N–H and O–H groups in total. The first-order valence-electron chi connectivity index (χ1n) is 8.38. The van der Waals surface area contributed by atoms with Crippen LogP contribution in [-0.2, 0) is 16.0 Å². The summed E-state index contributed by atoms with van der Waals surface area (Å²) in [7, 11) is 0. The highest BCUT2D eigenvalue weighted by Gasteiger charge is 2.26. The van der Waals surface area contributed by atoms with Crippen molar-refractivity contribution in [1.29, 1.82) is 0 Å². The third kappa shape index (κ3) is 3.51. The second-order valence-corrected chi connectivity index (χ2v) is 6.03. The number of aryl methyl sites for hydroxylation is 1. The summed E-state index contributed by atoms with van der Waals surface area (Å²) in [6.07, 6.45) is 5.77. The standard InChI is InChI=1S/C18H19N5O2/c24-18(6-5-17-21-13-3-1-2-4-14(13)22-17)23-9-10-25-16(12-23)15-11-19-7-8-20-15/h1-4,7-8,11,16H,5-6,9-10,12H2,(H,21,22)/t16-/m0/s1. The summed E-state index contributed by atoms with van der Waals surface area (Å²) in [5.74, 6) is 0.950. The molecule has 1 fully saturated rings. The van der Waals surface area contributed by atoms with Crippen molar-refractivity contribution in [3.05, 3.63) is 54.4 Å². The minimum absolute atomic E-state index is 0.109. The van der Waals surface area contributed by atoms with E-state index in [1.54, 1.807) is 18.6 Å². The largest absolute Gasteiger partial charge is 0.368 e. The van der Waals surface area contributed by atoms with Gasteiger partial charge in [-0.3, -0.25) is 14.8 Å². The predicted molar refractivity (Wildman–Crippen MR) is 91.7 cm³/mol. The average Bonchev–Trinajstić information content (AvgIpc) is 3.10. The minimum atomic E-state index is -0.211. The zero-order chi connectivity index (χ0) is 17.1. The number of H-pyrrole nitrogens is 1. The Morgan fingerprint density at radius 2 is 2.24 bits per heavy atom. The second kappa shape index (κ2) is 6.98. The first kappa shape index (κ1) is 15.7. The molecule has 1 amide bonds. The lowest BCUT2D eigenvalue weighted by Crippen LogP contribution is -2.42. The highest BCUT2D eigenvalue weighted by Crippen LogP contribution is 2.20. The molecule has 0 radical (unpaired) electrons. The number of hydrogen-bond donors (Lipinski definition) is 1. The number of benzene rings is 1. The van der Waals surface area contributed by atoms with E-state index in [1.807, 2.05) is 29.2 Å². The Balaban J connectivity index is 1.37. The molecule has 4 rings (SSSR count). The van der Waals surface area contributed by atoms with Gasteiger partial charge in [-0.2, -0.15) is 0 Å². The van der Waals surface area contributed by atoms with E-state index in [4.69, 9.17) is 4.74 Å². The number of para-hydroxylation sites is 2. The van der Waals surface area contributed by atoms with Crippen molar-refractivity contribution in [2.45, 2.75) is 18.9 Å². The molecule has 1 aliphatic rings. The fourth-order valence-corrected chi connectivity index (χ4v) is 3.04. The lowest BCUT2D eigenvalue weighted by atomic mass is 10.2. The summed E-state index contributed by atoms with van der Waals surface area (Å²) in [5.41, 5.74) is 2.69. The van der Waals surface area contributed by atoms with Crippen LogP contribution in [0.1, 0.15) is 24.0 Å². The number of nitrogens with zero attached hydrogens (tertiary/aromatic N) is 4. The predicted octanol–water partition coefficient (Wildman–Crippen LogP) is 1.89. The van der Waals surface area contributed by atoms with Gasteiger partial charge in [-0.15, -0.1) is 0 Å². The number of aromatic nitrogens is 4. The molecule has 0 saturated carbocycles. The third-order valence-electron chi connectivity index (χ3n) is 4.35. The van der Waals surface area contributed by atoms with Gasteiger partial charge in [0.15, 0.2) is 0 Å². The molecule has 2 aromatic heterocycles. The average molecular weight is 337 g/mol. The van der Waals surface area contributed by atoms with Crippen molar-refractivity contribution in [3.8, 4) is 0 Å². The highest BCUT2D eigenvalue weighted by molar-refractivity contribution is 5.77. The van der Waals surface area contributed by atoms with Crippen LogP contribution in [0.3, 0.4) is 0 Å². The molecule has 0 spiro atoms. The summed E-state index contributed by atoms with van der Waals surface area (Å²) in [6.45, 7) is 1.63. The molecule has 3 aromatic rings. The Morgan fingerprint density at radius 3 is 3.08 bits per heavy atom. The van der Waals surface area contributed by atoms with Crippen molar-refractivity contribution in [2.75, 3.05) is 19.7 Å². The van der Waals surface area contributed by atoms with Crippen LogP contribution >= 0.6 is 0 Å². The van der Waals surface area contributed by atoms with E-state index in [0.717, 1.165) is 22.6 Å². The SMILES string of the molecule is O=C(CCc1nc2ccccc2[nH]1)N1CCO[C@H](c2cnccn2)C1. The van der Waals surface area contributed by atoms with Crippen LogP contribution in [0.25, 0.3) is 11.0 Å². The normalized spacial score (nSPS) is 17.8. The fraction of sp³-hybridized carbons (Fsp3) is 0.333. The fourth-order valence-electron chi connectivity index (χ4n) is 3.04. The molecule has 0 aliphatic carbocycles. The minimum Gasteiger partial charge on any atom is -0.368 e. The molecule has 0 unspecified atom stereocenters. The van der Waals surface area contributed by atoms with Crippen molar-refractivity contribution < 1.29 is 9.53 Å². The molecule has 7 heteroatoms. The number of rotatable bonds is 4. The Kier molecular flexibility index (Phi) is 4.39. The maximum absolute atomic E-state index is 12.6. The van der Waals surface area contributed by atoms with E-state index < -0.39 is 0 Å². The van der Waals surface area contributed by atoms with Crippen LogP contribution in [0.2, 0.25) is 0 Å². The number of fused-ring (bicyclic) bond motifs is 1. The Bertz CT molecular complexity index is 831. The molecule has 1 atom stereocenters. The van der Waals surface area contributed by atoms with Gasteiger partial charge in [0.25, 0.3) is 0 Å². The van der Waals surface area contributed by atoms with Gasteiger partial charge in [-0.1, -0.05) is 12.1 Å². The number of aromatic amines is 1. The van der Waals surface area contributed by atoms with Crippen molar-refractivity contribution in [2.24, 2.45) is 0 Å². The number of nitrogens with one attached hydrogen (secondary N) is 1. The van der Waals surface area contributed by atoms with Crippen LogP contribution < -0.4 is 0 Å². The number of imidazole rings is 1. The van der Waals surface area contributed by atoms with Crippen molar-refractivity contribution in [1.82, 2.24) is 24.8 Å². The maximum atomic E-state index is 12.6. The Hall–Kier alpha value is -2.80. The summed E-state index contributed by atoms with van der Waals surface area (Å²) in [5, 5.41) is 0. The molecule has 25 heavy (non-hydrogen) atoms. The summed E-state index contributed by atoms with van der Waals surface area (Å²) < 4.78 is 5.73. The molecule has 0 bridgehead atoms. The van der Waals surface area contributed by atoms with Gasteiger partial charge in [0, 0.05) is 31.8 Å². The summed E-state index contributed by atoms with van der Waals surface area (Å²) >= 11 is 0. The van der Waals surface area contributed by atoms with Gasteiger partial charge >= 0.3 is 0 Å². The van der Waals surface area contributed by atoms with Gasteiger partial charge in [0.2, 0.25) is 5.91 Å². The number of carbonyl (C=O) groups is 1. The van der Waals surface area contributed by atoms with E-state index >= 15 is 0 Å². The van der Waals surface area contributed by atoms with Gasteiger partial charge in [-0.05, 0) is 12.1 Å². The van der Waals surface area contributed by atoms with E-state index in [2.05, 4.69) is 19.9 Å². The summed E-state index contributed by atoms with van der Waals surface area (Å²) in [6, 6.07) is 7.87. The molecular weight excluding hydrogens is 318 g/mol. The topological polar surface area (TPSA) is 84.0 Å². The van der Waals surface area contributed by atoms with Crippen LogP contribution in [0.15, 0.2) is 42.9 Å². The molecular formula is C18H19N5O2. The molecule has 1 aromatic carbocycles. The van der Waals surface area contributed by atoms with Gasteiger partial charge < -0.3 is 14.6 Å². The van der Waals surface area contributed by atoms with Crippen LogP contribution in [0, 0.1) is 0 Å². The van der Waals surface area contributed by atoms with Gasteiger partial charge in [-0.25, -0.2) is 4.98 Å². The van der Waals surface area contributed by atoms with Gasteiger partial charge in [0.1, 0.15) is 11.9 Å². The van der Waals surface area contributed by atoms with E-state index in [0.29, 0.717) is 32.5 Å². The van der Waals surface area contributed by atoms with Crippen molar-refractivity contribution in [3.63, 3.8) is 0 Å². The number of morpholine rings is 1. The monoisotopic (exact) mass is 337 g/mol. The first-order valence-corrected chi connectivity index (χ1v) is 8.38. The molecule has 3 heterocycles. The Labute approximate surface area is 145 Å². The van der Waals surface area contributed by atoms with E-state index in [1.165, 1.54) is 0 Å². The van der Waals surface area contributed by atoms with Crippen LogP contribution in [0.4, 0.5) is 0 Å². The highest BCUT2D eigenvalue weighted by atomic mass is 16.5. The number of carbonyl (C=O) groups excluding carboxylic acids is 1. The smallest absolute Gasteiger partial charge is 0.223 e. The summed E-state index contributed by atoms with van der Waals surface area (Å²) in [4.78, 5) is 30.5. The number of ether oxygens (including phenoxy) is 1. The van der Waals surface area contributed by atoms with E-state index in [-0.39, 0.29) is 12.0 Å². The quantitative estimate of drug-likeness (QED) is 0.786. The second-order valence-electron chi connectivity index (χ2n) is 6.03. The van der Waals surface area contributed by atoms with Crippen molar-refractivity contribution >= 4 is 16.9 Å². The maximum Gasteiger partial charge on any atom is 0.223 e. The van der Waals surface area contributed by atoms with Gasteiger partial charge in [0.05, 0.1) is 36.1 Å². The molecule has 7 nitrogen and oxygen atoms in total. The third-order valence-corrected chi connectivity index (χ3v) is 4.35. The van der Waals surface area contributed by atoms with Crippen LogP contribution in [0.5, 0.6) is 0 Å². The van der Waals surface area contributed by atoms with Crippen LogP contribution in [-0.4, -0.2) is 50.4 Å². The first-order chi connectivity index (χ1) is 12.3. The van der Waals surface area contributed by atoms with E-state index in [9.17, 15) is 4.79 Å². The zero-order valence-electron chi connectivity index (χ0n) is 13.8. The molecule has 1 saturated heterocycles. The molecule has 128 valence electrons. The number of amides is 1. The lowest BCUT2D eigenvalue weighted by Gasteiger charge is -2.32.